The quantitative estimate of drug-likeness (QED) is 0.924. The van der Waals surface area contributed by atoms with E-state index in [-0.39, 0.29) is 0 Å². The highest BCUT2D eigenvalue weighted by Crippen LogP contribution is 2.37. The lowest BCUT2D eigenvalue weighted by Gasteiger charge is -2.09. The molecule has 1 aliphatic rings. The van der Waals surface area contributed by atoms with Gasteiger partial charge in [0.05, 0.1) is 0 Å². The van der Waals surface area contributed by atoms with E-state index < -0.39 is 0 Å². The van der Waals surface area contributed by atoms with Crippen molar-refractivity contribution in [3.05, 3.63) is 52.0 Å². The van der Waals surface area contributed by atoms with Gasteiger partial charge in [0.2, 0.25) is 6.79 Å². The molecule has 19 heavy (non-hydrogen) atoms. The Hall–Kier alpha value is -1.68. The van der Waals surface area contributed by atoms with Crippen LogP contribution in [0.25, 0.3) is 0 Å². The molecular weight excluding hydrogens is 306 g/mol. The summed E-state index contributed by atoms with van der Waals surface area (Å²) in [5, 5.41) is 3.39. The lowest BCUT2D eigenvalue weighted by molar-refractivity contribution is 0.174. The summed E-state index contributed by atoms with van der Waals surface area (Å²) in [7, 11) is 0. The van der Waals surface area contributed by atoms with E-state index >= 15 is 0 Å². The van der Waals surface area contributed by atoms with Crippen molar-refractivity contribution >= 4 is 21.6 Å². The van der Waals surface area contributed by atoms with Crippen molar-refractivity contribution < 1.29 is 9.47 Å². The largest absolute Gasteiger partial charge is 0.454 e. The van der Waals surface area contributed by atoms with Gasteiger partial charge in [-0.3, -0.25) is 0 Å². The molecule has 1 aliphatic heterocycles. The van der Waals surface area contributed by atoms with Crippen LogP contribution in [-0.4, -0.2) is 6.79 Å². The molecular formula is C15H14BrNO2. The third kappa shape index (κ3) is 2.68. The molecule has 0 fully saturated rings. The summed E-state index contributed by atoms with van der Waals surface area (Å²) in [5.41, 5.74) is 3.51. The molecule has 3 nitrogen and oxygen atoms in total. The number of nitrogens with one attached hydrogen (secondary N) is 1. The fourth-order valence-corrected chi connectivity index (χ4v) is 2.43. The molecule has 1 heterocycles. The zero-order valence-corrected chi connectivity index (χ0v) is 12.2. The molecule has 0 aliphatic carbocycles. The molecule has 2 aromatic carbocycles. The second-order valence-electron chi connectivity index (χ2n) is 4.52. The highest BCUT2D eigenvalue weighted by Gasteiger charge is 2.15. The van der Waals surface area contributed by atoms with E-state index in [2.05, 4.69) is 52.4 Å². The van der Waals surface area contributed by atoms with Crippen LogP contribution in [0.4, 0.5) is 5.69 Å². The summed E-state index contributed by atoms with van der Waals surface area (Å²) in [6.45, 7) is 3.12. The number of fused-ring (bicyclic) bond motifs is 1. The number of anilines is 1. The van der Waals surface area contributed by atoms with Crippen LogP contribution in [0.15, 0.2) is 40.9 Å². The summed E-state index contributed by atoms with van der Waals surface area (Å²) < 4.78 is 11.8. The minimum Gasteiger partial charge on any atom is -0.454 e. The molecule has 3 rings (SSSR count). The van der Waals surface area contributed by atoms with E-state index in [9.17, 15) is 0 Å². The molecule has 0 atom stereocenters. The molecule has 0 spiro atoms. The number of halogens is 1. The van der Waals surface area contributed by atoms with E-state index in [1.807, 2.05) is 12.1 Å². The second kappa shape index (κ2) is 5.13. The van der Waals surface area contributed by atoms with Gasteiger partial charge in [0, 0.05) is 16.7 Å². The fraction of sp³-hybridized carbons (Fsp3) is 0.200. The summed E-state index contributed by atoms with van der Waals surface area (Å²) in [5.74, 6) is 1.61. The van der Waals surface area contributed by atoms with Gasteiger partial charge < -0.3 is 14.8 Å². The summed E-state index contributed by atoms with van der Waals surface area (Å²) in [4.78, 5) is 0. The first-order chi connectivity index (χ1) is 9.22. The highest BCUT2D eigenvalue weighted by molar-refractivity contribution is 9.10. The first-order valence-electron chi connectivity index (χ1n) is 6.11. The number of benzene rings is 2. The Kier molecular flexibility index (Phi) is 3.34. The molecule has 0 aromatic heterocycles. The van der Waals surface area contributed by atoms with E-state index in [1.54, 1.807) is 0 Å². The van der Waals surface area contributed by atoms with Crippen molar-refractivity contribution in [2.75, 3.05) is 12.1 Å². The molecule has 0 saturated heterocycles. The van der Waals surface area contributed by atoms with E-state index in [0.717, 1.165) is 33.8 Å². The first-order valence-corrected chi connectivity index (χ1v) is 6.90. The minimum atomic E-state index is 0.302. The SMILES string of the molecule is Cc1ccc(NCc2cc3c(cc2Br)OCO3)cc1. The lowest BCUT2D eigenvalue weighted by Crippen LogP contribution is -2.00. The van der Waals surface area contributed by atoms with Crippen molar-refractivity contribution in [2.24, 2.45) is 0 Å². The van der Waals surface area contributed by atoms with Gasteiger partial charge in [-0.25, -0.2) is 0 Å². The Balaban J connectivity index is 1.75. The van der Waals surface area contributed by atoms with Crippen molar-refractivity contribution in [2.45, 2.75) is 13.5 Å². The third-order valence-corrected chi connectivity index (χ3v) is 3.81. The zero-order chi connectivity index (χ0) is 13.2. The number of aryl methyl sites for hydroxylation is 1. The van der Waals surface area contributed by atoms with E-state index in [4.69, 9.17) is 9.47 Å². The Morgan fingerprint density at radius 3 is 2.53 bits per heavy atom. The van der Waals surface area contributed by atoms with Gasteiger partial charge in [-0.1, -0.05) is 33.6 Å². The van der Waals surface area contributed by atoms with E-state index in [0.29, 0.717) is 6.79 Å². The lowest BCUT2D eigenvalue weighted by atomic mass is 10.2. The number of hydrogen-bond donors (Lipinski definition) is 1. The maximum atomic E-state index is 5.39. The normalized spacial score (nSPS) is 12.5. The molecule has 2 aromatic rings. The monoisotopic (exact) mass is 319 g/mol. The Bertz CT molecular complexity index is 596. The number of rotatable bonds is 3. The van der Waals surface area contributed by atoms with Gasteiger partial charge in [0.25, 0.3) is 0 Å². The van der Waals surface area contributed by atoms with Crippen LogP contribution in [0.5, 0.6) is 11.5 Å². The first kappa shape index (κ1) is 12.4. The Morgan fingerprint density at radius 2 is 1.79 bits per heavy atom. The maximum Gasteiger partial charge on any atom is 0.231 e. The van der Waals surface area contributed by atoms with Crippen LogP contribution in [0.3, 0.4) is 0 Å². The average Bonchev–Trinajstić information content (AvgIpc) is 2.85. The minimum absolute atomic E-state index is 0.302. The van der Waals surface area contributed by atoms with Gasteiger partial charge in [-0.05, 0) is 36.8 Å². The topological polar surface area (TPSA) is 30.5 Å². The van der Waals surface area contributed by atoms with Crippen LogP contribution >= 0.6 is 15.9 Å². The molecule has 98 valence electrons. The standard InChI is InChI=1S/C15H14BrNO2/c1-10-2-4-12(5-3-10)17-8-11-6-14-15(7-13(11)16)19-9-18-14/h2-7,17H,8-9H2,1H3. The third-order valence-electron chi connectivity index (χ3n) is 3.08. The van der Waals surface area contributed by atoms with Crippen molar-refractivity contribution in [3.63, 3.8) is 0 Å². The van der Waals surface area contributed by atoms with Crippen molar-refractivity contribution in [1.29, 1.82) is 0 Å². The fourth-order valence-electron chi connectivity index (χ4n) is 1.96. The number of hydrogen-bond acceptors (Lipinski definition) is 3. The van der Waals surface area contributed by atoms with Crippen LogP contribution in [0, 0.1) is 6.92 Å². The van der Waals surface area contributed by atoms with Crippen molar-refractivity contribution in [1.82, 2.24) is 0 Å². The maximum absolute atomic E-state index is 5.39. The number of ether oxygens (including phenoxy) is 2. The summed E-state index contributed by atoms with van der Waals surface area (Å²) in [6.07, 6.45) is 0. The molecule has 4 heteroatoms. The highest BCUT2D eigenvalue weighted by atomic mass is 79.9. The van der Waals surface area contributed by atoms with Crippen LogP contribution < -0.4 is 14.8 Å². The smallest absolute Gasteiger partial charge is 0.231 e. The molecule has 0 unspecified atom stereocenters. The van der Waals surface area contributed by atoms with Crippen LogP contribution in [-0.2, 0) is 6.54 Å². The van der Waals surface area contributed by atoms with Gasteiger partial charge in [0.1, 0.15) is 0 Å². The van der Waals surface area contributed by atoms with Crippen LogP contribution in [0.2, 0.25) is 0 Å². The Labute approximate surface area is 120 Å². The van der Waals surface area contributed by atoms with Crippen molar-refractivity contribution in [3.8, 4) is 11.5 Å². The van der Waals surface area contributed by atoms with Gasteiger partial charge in [0.15, 0.2) is 11.5 Å². The summed E-state index contributed by atoms with van der Waals surface area (Å²) >= 11 is 3.56. The molecule has 0 radical (unpaired) electrons. The zero-order valence-electron chi connectivity index (χ0n) is 10.6. The van der Waals surface area contributed by atoms with Gasteiger partial charge in [-0.2, -0.15) is 0 Å². The Morgan fingerprint density at radius 1 is 1.11 bits per heavy atom. The predicted octanol–water partition coefficient (Wildman–Crippen LogP) is 4.10. The predicted molar refractivity (Wildman–Crippen MR) is 78.8 cm³/mol. The van der Waals surface area contributed by atoms with Crippen LogP contribution in [0.1, 0.15) is 11.1 Å². The molecule has 0 amide bonds. The molecule has 0 bridgehead atoms. The summed E-state index contributed by atoms with van der Waals surface area (Å²) in [6, 6.07) is 12.3. The molecule has 1 N–H and O–H groups in total. The van der Waals surface area contributed by atoms with Gasteiger partial charge >= 0.3 is 0 Å². The van der Waals surface area contributed by atoms with E-state index in [1.165, 1.54) is 5.56 Å². The second-order valence-corrected chi connectivity index (χ2v) is 5.37. The molecule has 0 saturated carbocycles. The average molecular weight is 320 g/mol. The van der Waals surface area contributed by atoms with Gasteiger partial charge in [-0.15, -0.1) is 0 Å².